The molecule has 0 aromatic heterocycles. The first-order chi connectivity index (χ1) is 11.1. The Kier molecular flexibility index (Phi) is 6.46. The average Bonchev–Trinajstić information content (AvgIpc) is 2.87. The minimum Gasteiger partial charge on any atom is -0.336 e. The number of nitrogens with one attached hydrogen (secondary N) is 1. The molecule has 0 aliphatic carbocycles. The molecule has 23 heavy (non-hydrogen) atoms. The molecule has 2 rings (SSSR count). The van der Waals surface area contributed by atoms with E-state index in [0.717, 1.165) is 23.7 Å². The molecule has 0 spiro atoms. The highest BCUT2D eigenvalue weighted by atomic mass is 32.2. The molecule has 1 aliphatic rings. The summed E-state index contributed by atoms with van der Waals surface area (Å²) in [7, 11) is 0. The molecule has 0 bridgehead atoms. The fourth-order valence-corrected chi connectivity index (χ4v) is 3.06. The maximum absolute atomic E-state index is 12.3. The number of hydrogen-bond donors (Lipinski definition) is 1. The monoisotopic (exact) mass is 335 g/mol. The van der Waals surface area contributed by atoms with Gasteiger partial charge in [0.2, 0.25) is 5.91 Å². The SMILES string of the molecule is CCCN(Cc1ccccc1)C(=O)NCCN1C(=O)CSC1=O. The molecule has 0 radical (unpaired) electrons. The van der Waals surface area contributed by atoms with Crippen molar-refractivity contribution in [2.45, 2.75) is 19.9 Å². The van der Waals surface area contributed by atoms with Crippen molar-refractivity contribution in [3.05, 3.63) is 35.9 Å². The highest BCUT2D eigenvalue weighted by molar-refractivity contribution is 8.14. The summed E-state index contributed by atoms with van der Waals surface area (Å²) in [6, 6.07) is 9.61. The maximum Gasteiger partial charge on any atom is 0.317 e. The Morgan fingerprint density at radius 1 is 1.30 bits per heavy atom. The number of nitrogens with zero attached hydrogens (tertiary/aromatic N) is 2. The fraction of sp³-hybridized carbons (Fsp3) is 0.438. The van der Waals surface area contributed by atoms with Gasteiger partial charge in [-0.2, -0.15) is 0 Å². The molecule has 0 saturated carbocycles. The quantitative estimate of drug-likeness (QED) is 0.830. The summed E-state index contributed by atoms with van der Waals surface area (Å²) in [5.74, 6) is 0.00638. The molecular weight excluding hydrogens is 314 g/mol. The van der Waals surface area contributed by atoms with Crippen LogP contribution in [0.2, 0.25) is 0 Å². The molecule has 1 aromatic carbocycles. The third-order valence-electron chi connectivity index (χ3n) is 3.45. The number of carbonyl (C=O) groups is 3. The molecule has 1 N–H and O–H groups in total. The van der Waals surface area contributed by atoms with Crippen molar-refractivity contribution >= 4 is 28.9 Å². The van der Waals surface area contributed by atoms with Gasteiger partial charge in [-0.05, 0) is 12.0 Å². The zero-order valence-corrected chi connectivity index (χ0v) is 14.0. The largest absolute Gasteiger partial charge is 0.336 e. The minimum absolute atomic E-state index is 0.178. The topological polar surface area (TPSA) is 69.7 Å². The fourth-order valence-electron chi connectivity index (χ4n) is 2.31. The van der Waals surface area contributed by atoms with Gasteiger partial charge in [-0.1, -0.05) is 49.0 Å². The van der Waals surface area contributed by atoms with Crippen LogP contribution in [0.4, 0.5) is 9.59 Å². The van der Waals surface area contributed by atoms with Gasteiger partial charge in [0, 0.05) is 26.2 Å². The number of imide groups is 1. The van der Waals surface area contributed by atoms with Gasteiger partial charge in [0.05, 0.1) is 5.75 Å². The van der Waals surface area contributed by atoms with E-state index in [1.165, 1.54) is 4.90 Å². The van der Waals surface area contributed by atoms with Gasteiger partial charge in [-0.3, -0.25) is 14.5 Å². The van der Waals surface area contributed by atoms with Crippen LogP contribution in [0.1, 0.15) is 18.9 Å². The standard InChI is InChI=1S/C16H21N3O3S/c1-2-9-18(11-13-6-4-3-5-7-13)15(21)17-8-10-19-14(20)12-23-16(19)22/h3-7H,2,8-12H2,1H3,(H,17,21). The molecule has 6 nitrogen and oxygen atoms in total. The molecule has 1 aromatic rings. The van der Waals surface area contributed by atoms with Crippen molar-refractivity contribution in [1.82, 2.24) is 15.1 Å². The predicted octanol–water partition coefficient (Wildman–Crippen LogP) is 2.30. The van der Waals surface area contributed by atoms with E-state index in [4.69, 9.17) is 0 Å². The van der Waals surface area contributed by atoms with E-state index < -0.39 is 0 Å². The van der Waals surface area contributed by atoms with E-state index in [-0.39, 0.29) is 36.0 Å². The second-order valence-electron chi connectivity index (χ2n) is 5.24. The van der Waals surface area contributed by atoms with Crippen molar-refractivity contribution in [3.63, 3.8) is 0 Å². The number of rotatable bonds is 7. The average molecular weight is 335 g/mol. The van der Waals surface area contributed by atoms with Crippen LogP contribution < -0.4 is 5.32 Å². The van der Waals surface area contributed by atoms with Crippen LogP contribution >= 0.6 is 11.8 Å². The summed E-state index contributed by atoms with van der Waals surface area (Å²) in [6.07, 6.45) is 0.861. The molecule has 1 heterocycles. The summed E-state index contributed by atoms with van der Waals surface area (Å²) in [4.78, 5) is 38.2. The number of hydrogen-bond acceptors (Lipinski definition) is 4. The molecule has 1 saturated heterocycles. The Morgan fingerprint density at radius 2 is 2.04 bits per heavy atom. The summed E-state index contributed by atoms with van der Waals surface area (Å²) in [6.45, 7) is 3.70. The van der Waals surface area contributed by atoms with Crippen molar-refractivity contribution in [2.24, 2.45) is 0 Å². The van der Waals surface area contributed by atoms with Crippen molar-refractivity contribution < 1.29 is 14.4 Å². The lowest BCUT2D eigenvalue weighted by Crippen LogP contribution is -2.43. The summed E-state index contributed by atoms with van der Waals surface area (Å²) in [5, 5.41) is 2.55. The predicted molar refractivity (Wildman–Crippen MR) is 90.1 cm³/mol. The maximum atomic E-state index is 12.3. The Balaban J connectivity index is 1.83. The van der Waals surface area contributed by atoms with Crippen LogP contribution in [-0.2, 0) is 11.3 Å². The van der Waals surface area contributed by atoms with Crippen LogP contribution in [0.15, 0.2) is 30.3 Å². The van der Waals surface area contributed by atoms with Gasteiger partial charge in [0.15, 0.2) is 0 Å². The van der Waals surface area contributed by atoms with Crippen LogP contribution in [0.5, 0.6) is 0 Å². The highest BCUT2D eigenvalue weighted by Gasteiger charge is 2.29. The zero-order chi connectivity index (χ0) is 16.7. The molecule has 1 aliphatic heterocycles. The molecule has 7 heteroatoms. The number of benzene rings is 1. The van der Waals surface area contributed by atoms with E-state index in [1.807, 2.05) is 37.3 Å². The van der Waals surface area contributed by atoms with Crippen LogP contribution in [0, 0.1) is 0 Å². The first-order valence-corrected chi connectivity index (χ1v) is 8.64. The van der Waals surface area contributed by atoms with E-state index in [1.54, 1.807) is 4.90 Å². The minimum atomic E-state index is -0.237. The van der Waals surface area contributed by atoms with Gasteiger partial charge in [0.1, 0.15) is 0 Å². The van der Waals surface area contributed by atoms with Crippen LogP contribution in [-0.4, -0.2) is 52.4 Å². The van der Waals surface area contributed by atoms with Gasteiger partial charge in [-0.25, -0.2) is 4.79 Å². The second-order valence-corrected chi connectivity index (χ2v) is 6.17. The normalized spacial score (nSPS) is 14.2. The number of carbonyl (C=O) groups excluding carboxylic acids is 3. The van der Waals surface area contributed by atoms with E-state index >= 15 is 0 Å². The van der Waals surface area contributed by atoms with Crippen molar-refractivity contribution in [3.8, 4) is 0 Å². The van der Waals surface area contributed by atoms with E-state index in [2.05, 4.69) is 5.32 Å². The lowest BCUT2D eigenvalue weighted by atomic mass is 10.2. The third kappa shape index (κ3) is 4.99. The molecule has 0 atom stereocenters. The molecule has 0 unspecified atom stereocenters. The van der Waals surface area contributed by atoms with Crippen molar-refractivity contribution in [1.29, 1.82) is 0 Å². The lowest BCUT2D eigenvalue weighted by Gasteiger charge is -2.23. The first kappa shape index (κ1) is 17.3. The summed E-state index contributed by atoms with van der Waals surface area (Å²) < 4.78 is 0. The zero-order valence-electron chi connectivity index (χ0n) is 13.2. The van der Waals surface area contributed by atoms with Crippen LogP contribution in [0.3, 0.4) is 0 Å². The van der Waals surface area contributed by atoms with Gasteiger partial charge >= 0.3 is 6.03 Å². The Bertz CT molecular complexity index is 549. The lowest BCUT2D eigenvalue weighted by molar-refractivity contribution is -0.124. The molecule has 1 fully saturated rings. The smallest absolute Gasteiger partial charge is 0.317 e. The second kappa shape index (κ2) is 8.57. The summed E-state index contributed by atoms with van der Waals surface area (Å²) >= 11 is 1.00. The van der Waals surface area contributed by atoms with Gasteiger partial charge in [-0.15, -0.1) is 0 Å². The number of urea groups is 1. The Morgan fingerprint density at radius 3 is 2.65 bits per heavy atom. The van der Waals surface area contributed by atoms with E-state index in [9.17, 15) is 14.4 Å². The van der Waals surface area contributed by atoms with Gasteiger partial charge < -0.3 is 10.2 Å². The molecule has 124 valence electrons. The molecular formula is C16H21N3O3S. The van der Waals surface area contributed by atoms with Crippen LogP contribution in [0.25, 0.3) is 0 Å². The summed E-state index contributed by atoms with van der Waals surface area (Å²) in [5.41, 5.74) is 1.07. The third-order valence-corrected chi connectivity index (χ3v) is 4.31. The first-order valence-electron chi connectivity index (χ1n) is 7.65. The number of amides is 4. The highest BCUT2D eigenvalue weighted by Crippen LogP contribution is 2.17. The number of thioether (sulfide) groups is 1. The Hall–Kier alpha value is -2.02. The Labute approximate surface area is 140 Å². The van der Waals surface area contributed by atoms with E-state index in [0.29, 0.717) is 13.1 Å². The van der Waals surface area contributed by atoms with Gasteiger partial charge in [0.25, 0.3) is 5.24 Å². The van der Waals surface area contributed by atoms with Crippen molar-refractivity contribution in [2.75, 3.05) is 25.4 Å². The molecule has 4 amide bonds.